The Balaban J connectivity index is 0.00000525. The Morgan fingerprint density at radius 2 is 0.761 bits per heavy atom. The SMILES string of the molecule is Cc1ccc(-c2c3[c-]c(c(-c4ccc(C)cc4)c4ccc([n-]4)c(-c4ccc(C)cc4)c4nc(c(-c5ccc(C)cc5)c5ccc2[n-]5)C=C4)C(P(=O)(c2ccccc2)c2ccccc2)=N3)cc1.[Ag]. The number of aromatic nitrogens is 3. The van der Waals surface area contributed by atoms with Gasteiger partial charge in [0.15, 0.2) is 7.14 Å². The number of hydrogen-bond acceptors (Lipinski definition) is 3. The van der Waals surface area contributed by atoms with Crippen molar-refractivity contribution in [3.63, 3.8) is 0 Å². The van der Waals surface area contributed by atoms with Crippen LogP contribution in [0.25, 0.3) is 78.7 Å². The number of nitrogens with zero attached hydrogens (tertiary/aromatic N) is 4. The van der Waals surface area contributed by atoms with Gasteiger partial charge >= 0.3 is 0 Å². The van der Waals surface area contributed by atoms with Crippen molar-refractivity contribution in [2.45, 2.75) is 27.7 Å². The second kappa shape index (κ2) is 17.9. The Morgan fingerprint density at radius 3 is 1.16 bits per heavy atom. The van der Waals surface area contributed by atoms with Gasteiger partial charge in [0.25, 0.3) is 0 Å². The molecule has 0 atom stereocenters. The third kappa shape index (κ3) is 8.05. The third-order valence-electron chi connectivity index (χ3n) is 12.5. The van der Waals surface area contributed by atoms with Gasteiger partial charge in [0.05, 0.1) is 11.4 Å². The average Bonchev–Trinajstić information content (AvgIpc) is 4.20. The maximum atomic E-state index is 16.8. The molecule has 6 aromatic carbocycles. The summed E-state index contributed by atoms with van der Waals surface area (Å²) in [6.07, 6.45) is 4.19. The summed E-state index contributed by atoms with van der Waals surface area (Å²) in [6, 6.07) is 65.6. The summed E-state index contributed by atoms with van der Waals surface area (Å²) in [4.78, 5) is 22.1. The van der Waals surface area contributed by atoms with E-state index in [2.05, 4.69) is 167 Å². The molecule has 0 saturated heterocycles. The molecule has 5 heterocycles. The minimum absolute atomic E-state index is 0. The van der Waals surface area contributed by atoms with E-state index in [4.69, 9.17) is 19.9 Å². The second-order valence-corrected chi connectivity index (χ2v) is 19.9. The van der Waals surface area contributed by atoms with Crippen molar-refractivity contribution in [2.75, 3.05) is 0 Å². The van der Waals surface area contributed by atoms with Crippen LogP contribution in [0, 0.1) is 33.8 Å². The van der Waals surface area contributed by atoms with Crippen molar-refractivity contribution in [1.29, 1.82) is 0 Å². The van der Waals surface area contributed by atoms with Crippen molar-refractivity contribution in [3.8, 4) is 44.5 Å². The van der Waals surface area contributed by atoms with Gasteiger partial charge in [-0.05, 0) is 67.8 Å². The first-order valence-electron chi connectivity index (χ1n) is 22.2. The molecule has 2 aliphatic heterocycles. The zero-order chi connectivity index (χ0) is 44.9. The van der Waals surface area contributed by atoms with E-state index in [1.54, 1.807) is 0 Å². The number of benzene rings is 6. The molecule has 0 fully saturated rings. The molecule has 5 nitrogen and oxygen atoms in total. The Labute approximate surface area is 407 Å². The first-order chi connectivity index (χ1) is 32.2. The zero-order valence-electron chi connectivity index (χ0n) is 37.4. The average molecular weight is 976 g/mol. The maximum absolute atomic E-state index is 16.8. The number of rotatable bonds is 7. The van der Waals surface area contributed by atoms with Crippen molar-refractivity contribution in [1.82, 2.24) is 15.0 Å². The van der Waals surface area contributed by atoms with Gasteiger partial charge in [0.2, 0.25) is 0 Å². The molecule has 2 aliphatic rings. The molecule has 0 aliphatic carbocycles. The summed E-state index contributed by atoms with van der Waals surface area (Å²) in [5, 5.41) is 1.35. The fraction of sp³-hybridized carbons (Fsp3) is 0.0667. The monoisotopic (exact) mass is 974 g/mol. The summed E-state index contributed by atoms with van der Waals surface area (Å²) in [5.74, 6) is 0. The van der Waals surface area contributed by atoms with Crippen LogP contribution < -0.4 is 20.6 Å². The van der Waals surface area contributed by atoms with E-state index < -0.39 is 7.14 Å². The largest absolute Gasteiger partial charge is 0.665 e. The second-order valence-electron chi connectivity index (χ2n) is 17.2. The maximum Gasteiger partial charge on any atom is 0.152 e. The Hall–Kier alpha value is -7.11. The molecule has 329 valence electrons. The van der Waals surface area contributed by atoms with Crippen LogP contribution in [0.3, 0.4) is 0 Å². The summed E-state index contributed by atoms with van der Waals surface area (Å²) in [5.41, 5.74) is 18.0. The van der Waals surface area contributed by atoms with Gasteiger partial charge in [-0.25, -0.2) is 4.98 Å². The minimum atomic E-state index is -3.72. The van der Waals surface area contributed by atoms with E-state index in [1.165, 1.54) is 0 Å². The van der Waals surface area contributed by atoms with Crippen LogP contribution in [0.2, 0.25) is 0 Å². The fourth-order valence-electron chi connectivity index (χ4n) is 9.04. The Kier molecular flexibility index (Phi) is 11.7. The van der Waals surface area contributed by atoms with Crippen LogP contribution in [0.5, 0.6) is 0 Å². The molecule has 0 unspecified atom stereocenters. The first kappa shape index (κ1) is 43.8. The van der Waals surface area contributed by atoms with Gasteiger partial charge in [-0.3, -0.25) is 0 Å². The van der Waals surface area contributed by atoms with E-state index in [0.29, 0.717) is 32.8 Å². The number of hydrogen-bond donors (Lipinski definition) is 0. The van der Waals surface area contributed by atoms with Crippen LogP contribution in [0.4, 0.5) is 5.69 Å². The standard InChI is InChI=1S/C60H44N4OP.Ag/c1-38-15-23-42(24-16-38)56-48-37-55(64-60(48)66(65,46-11-7-5-8-12-46)47-13-9-6-10-14-47)59(45-29-21-41(4)22-30-45)54-36-35-53(63-54)58(44-27-19-40(3)20-28-44)52-34-33-51(62-52)57(50-32-31-49(56)61-50)43-25-17-39(2)18-26-43;/h5-36H,1-4H3;/q-3;. The van der Waals surface area contributed by atoms with Crippen LogP contribution in [-0.4, -0.2) is 10.4 Å². The van der Waals surface area contributed by atoms with Crippen molar-refractivity contribution < 1.29 is 26.9 Å². The molecule has 11 rings (SSSR count). The van der Waals surface area contributed by atoms with E-state index in [9.17, 15) is 0 Å². The molecule has 1 radical (unpaired) electrons. The summed E-state index contributed by atoms with van der Waals surface area (Å²) < 4.78 is 16.8. The van der Waals surface area contributed by atoms with E-state index >= 15 is 4.57 Å². The molecule has 3 aromatic heterocycles. The summed E-state index contributed by atoms with van der Waals surface area (Å²) >= 11 is 0. The molecule has 67 heavy (non-hydrogen) atoms. The third-order valence-corrected chi connectivity index (χ3v) is 15.5. The van der Waals surface area contributed by atoms with Crippen molar-refractivity contribution >= 4 is 63.1 Å². The molecule has 0 saturated carbocycles. The predicted molar refractivity (Wildman–Crippen MR) is 276 cm³/mol. The topological polar surface area (TPSA) is 70.5 Å². The molecule has 0 spiro atoms. The van der Waals surface area contributed by atoms with E-state index in [0.717, 1.165) is 94.7 Å². The minimum Gasteiger partial charge on any atom is -0.665 e. The molecule has 0 amide bonds. The summed E-state index contributed by atoms with van der Waals surface area (Å²) in [6.45, 7) is 8.36. The molecular weight excluding hydrogens is 932 g/mol. The van der Waals surface area contributed by atoms with Gasteiger partial charge in [0.1, 0.15) is 0 Å². The normalized spacial score (nSPS) is 12.1. The Bertz CT molecular complexity index is 3560. The number of aliphatic imine (C=N–C) groups is 1. The summed E-state index contributed by atoms with van der Waals surface area (Å²) in [7, 11) is -3.72. The van der Waals surface area contributed by atoms with Gasteiger partial charge < -0.3 is 19.5 Å². The first-order valence-corrected chi connectivity index (χ1v) is 23.9. The fourth-order valence-corrected chi connectivity index (χ4v) is 11.7. The van der Waals surface area contributed by atoms with Gasteiger partial charge in [0, 0.05) is 38.4 Å². The van der Waals surface area contributed by atoms with Crippen LogP contribution in [0.1, 0.15) is 39.2 Å². The van der Waals surface area contributed by atoms with Crippen LogP contribution in [-0.2, 0) is 26.9 Å². The zero-order valence-corrected chi connectivity index (χ0v) is 39.8. The van der Waals surface area contributed by atoms with Crippen molar-refractivity contribution in [2.24, 2.45) is 4.99 Å². The van der Waals surface area contributed by atoms with E-state index in [-0.39, 0.29) is 22.4 Å². The molecular formula is C60H44AgN4OP-3. The van der Waals surface area contributed by atoms with Gasteiger partial charge in [-0.15, -0.1) is 28.2 Å². The van der Waals surface area contributed by atoms with Gasteiger partial charge in [-0.1, -0.05) is 221 Å². The van der Waals surface area contributed by atoms with Crippen molar-refractivity contribution in [3.05, 3.63) is 227 Å². The van der Waals surface area contributed by atoms with E-state index in [1.807, 2.05) is 60.7 Å². The Morgan fingerprint density at radius 1 is 0.418 bits per heavy atom. The molecule has 9 aromatic rings. The molecule has 8 bridgehead atoms. The number of fused-ring (bicyclic) bond motifs is 8. The number of aryl methyl sites for hydroxylation is 4. The van der Waals surface area contributed by atoms with Crippen LogP contribution >= 0.6 is 7.14 Å². The van der Waals surface area contributed by atoms with Crippen LogP contribution in [0.15, 0.2) is 187 Å². The predicted octanol–water partition coefficient (Wildman–Crippen LogP) is 14.1. The van der Waals surface area contributed by atoms with Gasteiger partial charge in [-0.2, -0.15) is 11.0 Å². The molecule has 7 heteroatoms. The molecule has 0 N–H and O–H groups in total. The quantitative estimate of drug-likeness (QED) is 0.0906. The smallest absolute Gasteiger partial charge is 0.152 e.